The number of hydrogen-bond donors (Lipinski definition) is 3. The first-order valence-corrected chi connectivity index (χ1v) is 8.39. The molecule has 10 heteroatoms. The molecule has 2 aromatic heterocycles. The van der Waals surface area contributed by atoms with Gasteiger partial charge in [0.2, 0.25) is 0 Å². The van der Waals surface area contributed by atoms with Crippen molar-refractivity contribution in [3.8, 4) is 0 Å². The predicted octanol–water partition coefficient (Wildman–Crippen LogP) is 1.41. The van der Waals surface area contributed by atoms with Gasteiger partial charge in [-0.2, -0.15) is 0 Å². The van der Waals surface area contributed by atoms with Crippen LogP contribution in [0.1, 0.15) is 5.82 Å². The minimum atomic E-state index is -0.404. The van der Waals surface area contributed by atoms with Gasteiger partial charge >= 0.3 is 0 Å². The molecule has 0 aliphatic heterocycles. The molecule has 0 bridgehead atoms. The molecule has 0 amide bonds. The zero-order valence-corrected chi connectivity index (χ0v) is 14.8. The van der Waals surface area contributed by atoms with Crippen LogP contribution in [0.15, 0.2) is 53.7 Å². The third-order valence-electron chi connectivity index (χ3n) is 3.86. The lowest BCUT2D eigenvalue weighted by Crippen LogP contribution is -2.39. The van der Waals surface area contributed by atoms with E-state index in [0.717, 1.165) is 11.5 Å². The van der Waals surface area contributed by atoms with Gasteiger partial charge in [0.1, 0.15) is 5.69 Å². The molecule has 0 saturated carbocycles. The molecule has 0 radical (unpaired) electrons. The average Bonchev–Trinajstić information content (AvgIpc) is 3.11. The normalized spacial score (nSPS) is 11.4. The Kier molecular flexibility index (Phi) is 5.77. The largest absolute Gasteiger partial charge is 0.378 e. The van der Waals surface area contributed by atoms with Crippen LogP contribution in [-0.4, -0.2) is 45.6 Å². The Morgan fingerprint density at radius 2 is 1.96 bits per heavy atom. The van der Waals surface area contributed by atoms with Gasteiger partial charge in [-0.05, 0) is 18.2 Å². The number of aliphatic imine (C=N–C) groups is 1. The number of pyridine rings is 1. The van der Waals surface area contributed by atoms with Crippen molar-refractivity contribution >= 4 is 23.0 Å². The summed E-state index contributed by atoms with van der Waals surface area (Å²) >= 11 is 0. The lowest BCUT2D eigenvalue weighted by atomic mass is 10.2. The van der Waals surface area contributed by atoms with Crippen molar-refractivity contribution in [1.82, 2.24) is 25.2 Å². The Morgan fingerprint density at radius 1 is 1.15 bits per heavy atom. The highest BCUT2D eigenvalue weighted by Crippen LogP contribution is 2.22. The molecule has 2 heterocycles. The van der Waals surface area contributed by atoms with E-state index >= 15 is 0 Å². The summed E-state index contributed by atoms with van der Waals surface area (Å²) in [5, 5.41) is 28.6. The van der Waals surface area contributed by atoms with E-state index in [0.29, 0.717) is 31.3 Å². The topological polar surface area (TPSA) is 122 Å². The van der Waals surface area contributed by atoms with Crippen molar-refractivity contribution in [1.29, 1.82) is 0 Å². The van der Waals surface area contributed by atoms with Gasteiger partial charge in [0, 0.05) is 32.4 Å². The number of anilines is 1. The summed E-state index contributed by atoms with van der Waals surface area (Å²) in [6.45, 7) is 1.49. The number of guanidine groups is 1. The molecular weight excluding hydrogens is 348 g/mol. The zero-order chi connectivity index (χ0) is 19.1. The van der Waals surface area contributed by atoms with Crippen LogP contribution >= 0.6 is 0 Å². The minimum absolute atomic E-state index is 0.0543. The molecule has 1 aromatic carbocycles. The van der Waals surface area contributed by atoms with E-state index < -0.39 is 4.92 Å². The van der Waals surface area contributed by atoms with E-state index in [1.807, 2.05) is 28.8 Å². The summed E-state index contributed by atoms with van der Waals surface area (Å²) in [7, 11) is 1.67. The summed E-state index contributed by atoms with van der Waals surface area (Å²) in [5.41, 5.74) is 1.33. The molecule has 0 unspecified atom stereocenters. The van der Waals surface area contributed by atoms with Crippen molar-refractivity contribution in [2.45, 2.75) is 6.54 Å². The van der Waals surface area contributed by atoms with Gasteiger partial charge in [0.05, 0.1) is 11.5 Å². The van der Waals surface area contributed by atoms with Crippen molar-refractivity contribution in [3.05, 3.63) is 64.6 Å². The van der Waals surface area contributed by atoms with Gasteiger partial charge in [-0.3, -0.25) is 19.5 Å². The van der Waals surface area contributed by atoms with E-state index in [-0.39, 0.29) is 5.69 Å². The van der Waals surface area contributed by atoms with Gasteiger partial charge in [-0.1, -0.05) is 18.2 Å². The Hall–Kier alpha value is -3.69. The second-order valence-corrected chi connectivity index (χ2v) is 5.60. The first-order valence-electron chi connectivity index (χ1n) is 8.39. The van der Waals surface area contributed by atoms with Crippen molar-refractivity contribution in [2.75, 3.05) is 25.5 Å². The SMILES string of the molecule is CN=C(NCCNc1ccccc1[N+](=O)[O-])NCc1nnc2ccccn12. The molecule has 0 atom stereocenters. The highest BCUT2D eigenvalue weighted by molar-refractivity contribution is 5.79. The fourth-order valence-electron chi connectivity index (χ4n) is 2.56. The maximum Gasteiger partial charge on any atom is 0.292 e. The summed E-state index contributed by atoms with van der Waals surface area (Å²) < 4.78 is 1.90. The van der Waals surface area contributed by atoms with Gasteiger partial charge in [-0.15, -0.1) is 10.2 Å². The van der Waals surface area contributed by atoms with E-state index in [1.54, 1.807) is 25.2 Å². The number of nitro groups is 1. The number of rotatable bonds is 7. The average molecular weight is 368 g/mol. The first-order chi connectivity index (χ1) is 13.2. The summed E-state index contributed by atoms with van der Waals surface area (Å²) in [6.07, 6.45) is 1.90. The van der Waals surface area contributed by atoms with Gasteiger partial charge in [0.15, 0.2) is 17.4 Å². The Labute approximate surface area is 155 Å². The minimum Gasteiger partial charge on any atom is -0.378 e. The third kappa shape index (κ3) is 4.48. The standard InChI is InChI=1S/C17H20N8O2/c1-18-17(21-12-16-23-22-15-8-4-5-11-24(15)16)20-10-9-19-13-6-2-3-7-14(13)25(26)27/h2-8,11,19H,9-10,12H2,1H3,(H2,18,20,21). The number of fused-ring (bicyclic) bond motifs is 1. The fourth-order valence-corrected chi connectivity index (χ4v) is 2.56. The molecule has 0 aliphatic carbocycles. The van der Waals surface area contributed by atoms with Crippen molar-refractivity contribution < 1.29 is 4.92 Å². The molecule has 3 rings (SSSR count). The van der Waals surface area contributed by atoms with Crippen LogP contribution in [0.3, 0.4) is 0 Å². The van der Waals surface area contributed by atoms with Gasteiger partial charge < -0.3 is 16.0 Å². The molecule has 3 N–H and O–H groups in total. The highest BCUT2D eigenvalue weighted by atomic mass is 16.6. The third-order valence-corrected chi connectivity index (χ3v) is 3.86. The quantitative estimate of drug-likeness (QED) is 0.189. The van der Waals surface area contributed by atoms with Crippen LogP contribution in [0.2, 0.25) is 0 Å². The number of nitrogens with one attached hydrogen (secondary N) is 3. The molecule has 140 valence electrons. The lowest BCUT2D eigenvalue weighted by molar-refractivity contribution is -0.384. The fraction of sp³-hybridized carbons (Fsp3) is 0.235. The summed E-state index contributed by atoms with van der Waals surface area (Å²) in [5.74, 6) is 1.37. The molecule has 27 heavy (non-hydrogen) atoms. The van der Waals surface area contributed by atoms with Crippen LogP contribution in [0.5, 0.6) is 0 Å². The maximum absolute atomic E-state index is 11.0. The predicted molar refractivity (Wildman–Crippen MR) is 103 cm³/mol. The van der Waals surface area contributed by atoms with Crippen LogP contribution in [-0.2, 0) is 6.54 Å². The number of nitrogens with zero attached hydrogens (tertiary/aromatic N) is 5. The summed E-state index contributed by atoms with van der Waals surface area (Å²) in [6, 6.07) is 12.3. The van der Waals surface area contributed by atoms with Crippen LogP contribution in [0, 0.1) is 10.1 Å². The number of para-hydroxylation sites is 2. The van der Waals surface area contributed by atoms with E-state index in [1.165, 1.54) is 6.07 Å². The van der Waals surface area contributed by atoms with Crippen LogP contribution in [0.25, 0.3) is 5.65 Å². The summed E-state index contributed by atoms with van der Waals surface area (Å²) in [4.78, 5) is 14.8. The molecule has 10 nitrogen and oxygen atoms in total. The van der Waals surface area contributed by atoms with Gasteiger partial charge in [-0.25, -0.2) is 0 Å². The van der Waals surface area contributed by atoms with Crippen molar-refractivity contribution in [3.63, 3.8) is 0 Å². The molecule has 0 fully saturated rings. The van der Waals surface area contributed by atoms with Gasteiger partial charge in [0.25, 0.3) is 5.69 Å². The molecule has 0 spiro atoms. The highest BCUT2D eigenvalue weighted by Gasteiger charge is 2.11. The first kappa shape index (κ1) is 18.1. The zero-order valence-electron chi connectivity index (χ0n) is 14.8. The maximum atomic E-state index is 11.0. The van der Waals surface area contributed by atoms with Crippen molar-refractivity contribution in [2.24, 2.45) is 4.99 Å². The number of aromatic nitrogens is 3. The smallest absolute Gasteiger partial charge is 0.292 e. The molecule has 3 aromatic rings. The lowest BCUT2D eigenvalue weighted by Gasteiger charge is -2.12. The second kappa shape index (κ2) is 8.61. The Bertz CT molecular complexity index is 953. The van der Waals surface area contributed by atoms with E-state index in [2.05, 4.69) is 31.1 Å². The molecule has 0 saturated heterocycles. The Morgan fingerprint density at radius 3 is 2.78 bits per heavy atom. The molecule has 0 aliphatic rings. The monoisotopic (exact) mass is 368 g/mol. The van der Waals surface area contributed by atoms with Crippen LogP contribution < -0.4 is 16.0 Å². The van der Waals surface area contributed by atoms with E-state index in [9.17, 15) is 10.1 Å². The number of benzene rings is 1. The second-order valence-electron chi connectivity index (χ2n) is 5.60. The number of hydrogen-bond acceptors (Lipinski definition) is 6. The van der Waals surface area contributed by atoms with E-state index in [4.69, 9.17) is 0 Å². The Balaban J connectivity index is 1.48. The van der Waals surface area contributed by atoms with Crippen LogP contribution in [0.4, 0.5) is 11.4 Å². The molecular formula is C17H20N8O2. The number of nitro benzene ring substituents is 1.